The Balaban J connectivity index is 2.66. The first-order valence-electron chi connectivity index (χ1n) is 5.62. The van der Waals surface area contributed by atoms with Crippen molar-refractivity contribution >= 4 is 16.7 Å². The van der Waals surface area contributed by atoms with Crippen LogP contribution in [0.3, 0.4) is 0 Å². The van der Waals surface area contributed by atoms with Gasteiger partial charge in [0.25, 0.3) is 0 Å². The molecule has 2 N–H and O–H groups in total. The standard InChI is InChI=1S/C10H16F3N3OS/c1-3-9(4-2,6-17)5-14-8-15-7(16-18-8)10(11,12)13/h17H,3-6H2,1-2H3,(H,14,15,16). The fourth-order valence-electron chi connectivity index (χ4n) is 1.45. The highest BCUT2D eigenvalue weighted by Gasteiger charge is 2.36. The number of rotatable bonds is 6. The number of alkyl halides is 3. The predicted molar refractivity (Wildman–Crippen MR) is 63.5 cm³/mol. The minimum absolute atomic E-state index is 0.0159. The second kappa shape index (κ2) is 5.83. The maximum Gasteiger partial charge on any atom is 0.452 e. The van der Waals surface area contributed by atoms with E-state index in [1.54, 1.807) is 0 Å². The minimum atomic E-state index is -4.51. The molecule has 8 heteroatoms. The van der Waals surface area contributed by atoms with E-state index in [2.05, 4.69) is 14.7 Å². The van der Waals surface area contributed by atoms with Gasteiger partial charge in [0.05, 0.1) is 6.61 Å². The van der Waals surface area contributed by atoms with Crippen molar-refractivity contribution in [2.45, 2.75) is 32.9 Å². The highest BCUT2D eigenvalue weighted by Crippen LogP contribution is 2.30. The molecule has 1 rings (SSSR count). The number of nitrogens with one attached hydrogen (secondary N) is 1. The molecular formula is C10H16F3N3OS. The van der Waals surface area contributed by atoms with Gasteiger partial charge in [-0.15, -0.1) is 0 Å². The molecule has 0 saturated heterocycles. The summed E-state index contributed by atoms with van der Waals surface area (Å²) in [7, 11) is 0. The van der Waals surface area contributed by atoms with Gasteiger partial charge < -0.3 is 10.4 Å². The van der Waals surface area contributed by atoms with E-state index in [1.807, 2.05) is 13.8 Å². The first-order chi connectivity index (χ1) is 8.37. The molecule has 1 aromatic rings. The second-order valence-electron chi connectivity index (χ2n) is 4.14. The molecule has 0 atom stereocenters. The van der Waals surface area contributed by atoms with Crippen molar-refractivity contribution in [2.24, 2.45) is 5.41 Å². The van der Waals surface area contributed by atoms with Crippen molar-refractivity contribution in [1.29, 1.82) is 0 Å². The molecule has 0 bridgehead atoms. The van der Waals surface area contributed by atoms with Crippen LogP contribution in [-0.4, -0.2) is 27.6 Å². The molecule has 1 heterocycles. The van der Waals surface area contributed by atoms with Crippen LogP contribution in [0.15, 0.2) is 0 Å². The van der Waals surface area contributed by atoms with Crippen LogP contribution in [-0.2, 0) is 6.18 Å². The predicted octanol–water partition coefficient (Wildman–Crippen LogP) is 2.77. The first-order valence-corrected chi connectivity index (χ1v) is 6.40. The summed E-state index contributed by atoms with van der Waals surface area (Å²) in [5.41, 5.74) is -0.329. The van der Waals surface area contributed by atoms with E-state index >= 15 is 0 Å². The van der Waals surface area contributed by atoms with Gasteiger partial charge in [-0.25, -0.2) is 0 Å². The highest BCUT2D eigenvalue weighted by atomic mass is 32.1. The summed E-state index contributed by atoms with van der Waals surface area (Å²) in [5, 5.41) is 12.3. The molecule has 0 amide bonds. The van der Waals surface area contributed by atoms with Crippen LogP contribution in [0.1, 0.15) is 32.5 Å². The Labute approximate surface area is 107 Å². The zero-order valence-corrected chi connectivity index (χ0v) is 11.0. The molecule has 104 valence electrons. The van der Waals surface area contributed by atoms with Crippen LogP contribution in [0.4, 0.5) is 18.3 Å². The maximum absolute atomic E-state index is 12.3. The van der Waals surface area contributed by atoms with E-state index in [0.717, 1.165) is 12.8 Å². The molecule has 0 unspecified atom stereocenters. The van der Waals surface area contributed by atoms with Crippen molar-refractivity contribution in [3.05, 3.63) is 5.82 Å². The molecule has 18 heavy (non-hydrogen) atoms. The molecule has 1 aromatic heterocycles. The average molecular weight is 283 g/mol. The Bertz CT molecular complexity index is 368. The van der Waals surface area contributed by atoms with Gasteiger partial charge in [-0.1, -0.05) is 13.8 Å². The van der Waals surface area contributed by atoms with Crippen LogP contribution in [0.25, 0.3) is 0 Å². The molecule has 0 aliphatic carbocycles. The van der Waals surface area contributed by atoms with Gasteiger partial charge in [0, 0.05) is 23.5 Å². The van der Waals surface area contributed by atoms with Crippen LogP contribution < -0.4 is 5.32 Å². The maximum atomic E-state index is 12.3. The number of aliphatic hydroxyl groups excluding tert-OH is 1. The van der Waals surface area contributed by atoms with Crippen LogP contribution in [0.2, 0.25) is 0 Å². The number of aliphatic hydroxyl groups is 1. The van der Waals surface area contributed by atoms with Gasteiger partial charge in [-0.3, -0.25) is 0 Å². The fraction of sp³-hybridized carbons (Fsp3) is 0.800. The van der Waals surface area contributed by atoms with Crippen molar-refractivity contribution in [3.8, 4) is 0 Å². The molecule has 0 fully saturated rings. The number of halogens is 3. The monoisotopic (exact) mass is 283 g/mol. The summed E-state index contributed by atoms with van der Waals surface area (Å²) < 4.78 is 40.1. The van der Waals surface area contributed by atoms with E-state index in [9.17, 15) is 18.3 Å². The molecule has 0 saturated carbocycles. The summed E-state index contributed by atoms with van der Waals surface area (Å²) >= 11 is 0.675. The number of nitrogens with zero attached hydrogens (tertiary/aromatic N) is 2. The number of hydrogen-bond acceptors (Lipinski definition) is 5. The Morgan fingerprint density at radius 2 is 1.89 bits per heavy atom. The van der Waals surface area contributed by atoms with Gasteiger partial charge in [0.2, 0.25) is 11.0 Å². The quantitative estimate of drug-likeness (QED) is 0.843. The lowest BCUT2D eigenvalue weighted by atomic mass is 9.83. The first kappa shape index (κ1) is 15.2. The van der Waals surface area contributed by atoms with E-state index in [1.165, 1.54) is 0 Å². The largest absolute Gasteiger partial charge is 0.452 e. The Hall–Kier alpha value is -0.890. The number of hydrogen-bond donors (Lipinski definition) is 2. The molecule has 0 aliphatic rings. The van der Waals surface area contributed by atoms with Crippen molar-refractivity contribution in [3.63, 3.8) is 0 Å². The lowest BCUT2D eigenvalue weighted by Crippen LogP contribution is -2.32. The highest BCUT2D eigenvalue weighted by molar-refractivity contribution is 7.09. The van der Waals surface area contributed by atoms with Gasteiger partial charge in [-0.2, -0.15) is 22.5 Å². The lowest BCUT2D eigenvalue weighted by molar-refractivity contribution is -0.144. The van der Waals surface area contributed by atoms with E-state index < -0.39 is 12.0 Å². The lowest BCUT2D eigenvalue weighted by Gasteiger charge is -2.29. The van der Waals surface area contributed by atoms with Gasteiger partial charge >= 0.3 is 6.18 Å². The third kappa shape index (κ3) is 3.55. The number of anilines is 1. The van der Waals surface area contributed by atoms with E-state index in [-0.39, 0.29) is 17.2 Å². The fourth-order valence-corrected chi connectivity index (χ4v) is 2.03. The molecule has 0 radical (unpaired) electrons. The Morgan fingerprint density at radius 3 is 2.28 bits per heavy atom. The average Bonchev–Trinajstić information content (AvgIpc) is 2.80. The topological polar surface area (TPSA) is 58.0 Å². The number of aromatic nitrogens is 2. The third-order valence-electron chi connectivity index (χ3n) is 3.13. The SMILES string of the molecule is CCC(CC)(CO)CNc1nc(C(F)(F)F)ns1. The van der Waals surface area contributed by atoms with Crippen LogP contribution in [0, 0.1) is 5.41 Å². The third-order valence-corrected chi connectivity index (χ3v) is 3.80. The summed E-state index contributed by atoms with van der Waals surface area (Å²) in [6.07, 6.45) is -3.05. The molecule has 0 spiro atoms. The summed E-state index contributed by atoms with van der Waals surface area (Å²) in [6, 6.07) is 0. The van der Waals surface area contributed by atoms with Crippen LogP contribution in [0.5, 0.6) is 0 Å². The molecule has 0 aromatic carbocycles. The van der Waals surface area contributed by atoms with E-state index in [0.29, 0.717) is 18.1 Å². The van der Waals surface area contributed by atoms with Gasteiger partial charge in [0.1, 0.15) is 0 Å². The minimum Gasteiger partial charge on any atom is -0.396 e. The summed E-state index contributed by atoms with van der Waals surface area (Å²) in [6.45, 7) is 4.23. The van der Waals surface area contributed by atoms with Crippen molar-refractivity contribution in [1.82, 2.24) is 9.36 Å². The van der Waals surface area contributed by atoms with Crippen molar-refractivity contribution in [2.75, 3.05) is 18.5 Å². The normalized spacial score (nSPS) is 12.8. The zero-order chi connectivity index (χ0) is 13.8. The van der Waals surface area contributed by atoms with Gasteiger partial charge in [-0.05, 0) is 12.8 Å². The molecule has 4 nitrogen and oxygen atoms in total. The van der Waals surface area contributed by atoms with Crippen LogP contribution >= 0.6 is 11.5 Å². The Morgan fingerprint density at radius 1 is 1.28 bits per heavy atom. The zero-order valence-electron chi connectivity index (χ0n) is 10.2. The molecular weight excluding hydrogens is 267 g/mol. The second-order valence-corrected chi connectivity index (χ2v) is 4.89. The smallest absolute Gasteiger partial charge is 0.396 e. The van der Waals surface area contributed by atoms with Gasteiger partial charge in [0.15, 0.2) is 0 Å². The Kier molecular flexibility index (Phi) is 4.92. The summed E-state index contributed by atoms with van der Waals surface area (Å²) in [5.74, 6) is -1.13. The summed E-state index contributed by atoms with van der Waals surface area (Å²) in [4.78, 5) is 3.38. The van der Waals surface area contributed by atoms with Crippen molar-refractivity contribution < 1.29 is 18.3 Å². The molecule has 0 aliphatic heterocycles. The van der Waals surface area contributed by atoms with E-state index in [4.69, 9.17) is 0 Å².